The van der Waals surface area contributed by atoms with Gasteiger partial charge in [0, 0.05) is 13.1 Å². The Morgan fingerprint density at radius 1 is 1.43 bits per heavy atom. The molecule has 1 fully saturated rings. The predicted octanol–water partition coefficient (Wildman–Crippen LogP) is 1.57. The van der Waals surface area contributed by atoms with Gasteiger partial charge < -0.3 is 14.5 Å². The Hall–Kier alpha value is -1.92. The average molecular weight is 289 g/mol. The number of imidazole rings is 1. The first-order valence-corrected chi connectivity index (χ1v) is 7.22. The van der Waals surface area contributed by atoms with E-state index in [0.717, 1.165) is 44.2 Å². The van der Waals surface area contributed by atoms with Gasteiger partial charge in [-0.2, -0.15) is 0 Å². The maximum atomic E-state index is 12.0. The smallest absolute Gasteiger partial charge is 0.340 e. The van der Waals surface area contributed by atoms with Gasteiger partial charge in [-0.1, -0.05) is 6.07 Å². The highest BCUT2D eigenvalue weighted by Crippen LogP contribution is 2.18. The minimum atomic E-state index is -0.326. The first-order valence-electron chi connectivity index (χ1n) is 7.22. The summed E-state index contributed by atoms with van der Waals surface area (Å²) >= 11 is 0. The lowest BCUT2D eigenvalue weighted by atomic mass is 10.2. The second kappa shape index (κ2) is 6.24. The van der Waals surface area contributed by atoms with E-state index >= 15 is 0 Å². The number of esters is 1. The molecule has 21 heavy (non-hydrogen) atoms. The summed E-state index contributed by atoms with van der Waals surface area (Å²) in [5.41, 5.74) is 2.06. The van der Waals surface area contributed by atoms with Gasteiger partial charge in [0.15, 0.2) is 0 Å². The molecule has 3 rings (SSSR count). The molecular formula is C15H19N3O3. The van der Waals surface area contributed by atoms with Crippen molar-refractivity contribution in [2.24, 2.45) is 0 Å². The number of aromatic amines is 1. The highest BCUT2D eigenvalue weighted by atomic mass is 16.5. The van der Waals surface area contributed by atoms with Crippen molar-refractivity contribution in [1.82, 2.24) is 14.9 Å². The van der Waals surface area contributed by atoms with Crippen LogP contribution < -0.4 is 0 Å². The fourth-order valence-electron chi connectivity index (χ4n) is 2.50. The van der Waals surface area contributed by atoms with E-state index < -0.39 is 0 Å². The highest BCUT2D eigenvalue weighted by molar-refractivity contribution is 6.01. The zero-order valence-electron chi connectivity index (χ0n) is 12.1. The Morgan fingerprint density at radius 3 is 3.00 bits per heavy atom. The van der Waals surface area contributed by atoms with Crippen molar-refractivity contribution in [3.05, 3.63) is 29.6 Å². The topological polar surface area (TPSA) is 67.5 Å². The lowest BCUT2D eigenvalue weighted by molar-refractivity contribution is 0.0332. The Labute approximate surface area is 123 Å². The van der Waals surface area contributed by atoms with Crippen molar-refractivity contribution in [3.8, 4) is 0 Å². The molecule has 6 heteroatoms. The average Bonchev–Trinajstić information content (AvgIpc) is 2.90. The minimum Gasteiger partial charge on any atom is -0.462 e. The summed E-state index contributed by atoms with van der Waals surface area (Å²) in [5.74, 6) is 0.538. The number of hydrogen-bond acceptors (Lipinski definition) is 5. The number of hydrogen-bond donors (Lipinski definition) is 1. The number of benzene rings is 1. The molecule has 0 spiro atoms. The van der Waals surface area contributed by atoms with Gasteiger partial charge in [0.05, 0.1) is 37.4 Å². The van der Waals surface area contributed by atoms with E-state index in [1.807, 2.05) is 12.1 Å². The minimum absolute atomic E-state index is 0.326. The quantitative estimate of drug-likeness (QED) is 0.865. The van der Waals surface area contributed by atoms with Crippen LogP contribution in [0.4, 0.5) is 0 Å². The molecule has 112 valence electrons. The van der Waals surface area contributed by atoms with Crippen LogP contribution in [0, 0.1) is 0 Å². The zero-order chi connectivity index (χ0) is 14.7. The van der Waals surface area contributed by atoms with Crippen LogP contribution in [0.3, 0.4) is 0 Å². The van der Waals surface area contributed by atoms with Crippen LogP contribution in [0.25, 0.3) is 11.0 Å². The van der Waals surface area contributed by atoms with Crippen LogP contribution in [0.1, 0.15) is 23.1 Å². The number of H-pyrrole nitrogens is 1. The molecule has 0 radical (unpaired) electrons. The molecule has 1 aliphatic heterocycles. The van der Waals surface area contributed by atoms with E-state index in [1.54, 1.807) is 13.0 Å². The summed E-state index contributed by atoms with van der Waals surface area (Å²) in [7, 11) is 0. The molecule has 1 aromatic heterocycles. The van der Waals surface area contributed by atoms with Gasteiger partial charge in [0.2, 0.25) is 0 Å². The molecule has 2 aromatic rings. The standard InChI is InChI=1S/C15H19N3O3/c1-2-21-15(19)11-4-3-5-12-14(11)17-13(16-12)10-18-6-8-20-9-7-18/h3-5H,2,6-10H2,1H3,(H,16,17). The van der Waals surface area contributed by atoms with E-state index in [4.69, 9.17) is 9.47 Å². The lowest BCUT2D eigenvalue weighted by Gasteiger charge is -2.25. The normalized spacial score (nSPS) is 16.2. The van der Waals surface area contributed by atoms with Gasteiger partial charge in [-0.05, 0) is 19.1 Å². The molecule has 0 aliphatic carbocycles. The van der Waals surface area contributed by atoms with E-state index in [2.05, 4.69) is 14.9 Å². The summed E-state index contributed by atoms with van der Waals surface area (Å²) in [5, 5.41) is 0. The molecular weight excluding hydrogens is 270 g/mol. The number of nitrogens with zero attached hydrogens (tertiary/aromatic N) is 2. The van der Waals surface area contributed by atoms with E-state index in [1.165, 1.54) is 0 Å². The van der Waals surface area contributed by atoms with Crippen molar-refractivity contribution in [3.63, 3.8) is 0 Å². The van der Waals surface area contributed by atoms with Gasteiger partial charge in [0.1, 0.15) is 11.3 Å². The second-order valence-corrected chi connectivity index (χ2v) is 4.99. The third kappa shape index (κ3) is 3.06. The molecule has 0 atom stereocenters. The third-order valence-corrected chi connectivity index (χ3v) is 3.53. The number of para-hydroxylation sites is 1. The van der Waals surface area contributed by atoms with E-state index in [-0.39, 0.29) is 5.97 Å². The predicted molar refractivity (Wildman–Crippen MR) is 78.1 cm³/mol. The van der Waals surface area contributed by atoms with Crippen LogP contribution in [0.15, 0.2) is 18.2 Å². The Morgan fingerprint density at radius 2 is 2.24 bits per heavy atom. The number of ether oxygens (including phenoxy) is 2. The Kier molecular flexibility index (Phi) is 4.17. The summed E-state index contributed by atoms with van der Waals surface area (Å²) < 4.78 is 10.4. The van der Waals surface area contributed by atoms with Crippen molar-refractivity contribution in [2.75, 3.05) is 32.9 Å². The van der Waals surface area contributed by atoms with Crippen LogP contribution in [-0.2, 0) is 16.0 Å². The monoisotopic (exact) mass is 289 g/mol. The van der Waals surface area contributed by atoms with Gasteiger partial charge in [-0.15, -0.1) is 0 Å². The number of fused-ring (bicyclic) bond motifs is 1. The van der Waals surface area contributed by atoms with Crippen LogP contribution >= 0.6 is 0 Å². The highest BCUT2D eigenvalue weighted by Gasteiger charge is 2.17. The molecule has 1 aromatic carbocycles. The number of rotatable bonds is 4. The number of carbonyl (C=O) groups excluding carboxylic acids is 1. The van der Waals surface area contributed by atoms with Gasteiger partial charge in [-0.3, -0.25) is 4.90 Å². The molecule has 0 bridgehead atoms. The molecule has 1 aliphatic rings. The molecule has 1 N–H and O–H groups in total. The fourth-order valence-corrected chi connectivity index (χ4v) is 2.50. The number of carbonyl (C=O) groups is 1. The summed E-state index contributed by atoms with van der Waals surface area (Å²) in [6.45, 7) is 6.22. The van der Waals surface area contributed by atoms with Gasteiger partial charge >= 0.3 is 5.97 Å². The number of morpholine rings is 1. The first-order chi connectivity index (χ1) is 10.3. The number of nitrogens with one attached hydrogen (secondary N) is 1. The van der Waals surface area contributed by atoms with Crippen molar-refractivity contribution < 1.29 is 14.3 Å². The van der Waals surface area contributed by atoms with E-state index in [0.29, 0.717) is 17.7 Å². The van der Waals surface area contributed by atoms with E-state index in [9.17, 15) is 4.79 Å². The van der Waals surface area contributed by atoms with Gasteiger partial charge in [0.25, 0.3) is 0 Å². The fraction of sp³-hybridized carbons (Fsp3) is 0.467. The largest absolute Gasteiger partial charge is 0.462 e. The maximum absolute atomic E-state index is 12.0. The van der Waals surface area contributed by atoms with Crippen LogP contribution in [0.5, 0.6) is 0 Å². The zero-order valence-corrected chi connectivity index (χ0v) is 12.1. The van der Waals surface area contributed by atoms with Crippen molar-refractivity contribution in [1.29, 1.82) is 0 Å². The molecule has 0 saturated carbocycles. The maximum Gasteiger partial charge on any atom is 0.340 e. The van der Waals surface area contributed by atoms with Crippen LogP contribution in [0.2, 0.25) is 0 Å². The summed E-state index contributed by atoms with van der Waals surface area (Å²) in [4.78, 5) is 22.1. The summed E-state index contributed by atoms with van der Waals surface area (Å²) in [6, 6.07) is 5.51. The molecule has 0 unspecified atom stereocenters. The lowest BCUT2D eigenvalue weighted by Crippen LogP contribution is -2.35. The molecule has 0 amide bonds. The molecule has 6 nitrogen and oxygen atoms in total. The van der Waals surface area contributed by atoms with Crippen LogP contribution in [-0.4, -0.2) is 53.7 Å². The number of aromatic nitrogens is 2. The first kappa shape index (κ1) is 14.0. The van der Waals surface area contributed by atoms with Crippen molar-refractivity contribution >= 4 is 17.0 Å². The van der Waals surface area contributed by atoms with Crippen molar-refractivity contribution in [2.45, 2.75) is 13.5 Å². The third-order valence-electron chi connectivity index (χ3n) is 3.53. The SMILES string of the molecule is CCOC(=O)c1cccc2[nH]c(CN3CCOCC3)nc12. The molecule has 2 heterocycles. The summed E-state index contributed by atoms with van der Waals surface area (Å²) in [6.07, 6.45) is 0. The molecule has 1 saturated heterocycles. The Balaban J connectivity index is 1.85. The Bertz CT molecular complexity index is 632. The van der Waals surface area contributed by atoms with Gasteiger partial charge in [-0.25, -0.2) is 9.78 Å². The second-order valence-electron chi connectivity index (χ2n) is 4.99.